The first-order valence-corrected chi connectivity index (χ1v) is 5.41. The fourth-order valence-corrected chi connectivity index (χ4v) is 1.91. The fraction of sp³-hybridized carbons (Fsp3) is 0.417. The van der Waals surface area contributed by atoms with Crippen LogP contribution in [-0.2, 0) is 4.79 Å². The lowest BCUT2D eigenvalue weighted by molar-refractivity contribution is -0.156. The van der Waals surface area contributed by atoms with Gasteiger partial charge in [-0.1, -0.05) is 18.2 Å². The van der Waals surface area contributed by atoms with Crippen molar-refractivity contribution in [3.05, 3.63) is 30.3 Å². The minimum Gasteiger partial charge on any atom is -0.478 e. The number of hydrogen-bond donors (Lipinski definition) is 2. The molecule has 2 rings (SSSR count). The van der Waals surface area contributed by atoms with E-state index in [0.717, 1.165) is 13.0 Å². The van der Waals surface area contributed by atoms with Crippen LogP contribution >= 0.6 is 0 Å². The van der Waals surface area contributed by atoms with E-state index in [1.165, 1.54) is 0 Å². The van der Waals surface area contributed by atoms with Gasteiger partial charge in [0, 0.05) is 13.0 Å². The zero-order valence-corrected chi connectivity index (χ0v) is 8.98. The number of benzene rings is 1. The molecule has 0 saturated carbocycles. The molecule has 86 valence electrons. The predicted octanol–water partition coefficient (Wildman–Crippen LogP) is 1.27. The Morgan fingerprint density at radius 2 is 2.12 bits per heavy atom. The lowest BCUT2D eigenvalue weighted by atomic mass is 9.94. The summed E-state index contributed by atoms with van der Waals surface area (Å²) < 4.78 is 5.64. The summed E-state index contributed by atoms with van der Waals surface area (Å²) in [6.07, 6.45) is 1.36. The molecule has 0 aliphatic carbocycles. The molecule has 1 aliphatic rings. The van der Waals surface area contributed by atoms with Gasteiger partial charge < -0.3 is 15.2 Å². The van der Waals surface area contributed by atoms with E-state index in [1.54, 1.807) is 12.1 Å². The topological polar surface area (TPSA) is 58.6 Å². The van der Waals surface area contributed by atoms with Crippen LogP contribution in [0.15, 0.2) is 30.3 Å². The van der Waals surface area contributed by atoms with Crippen LogP contribution in [0.1, 0.15) is 12.8 Å². The molecule has 16 heavy (non-hydrogen) atoms. The standard InChI is InChI=1S/C12H15NO3/c14-11(15)12(7-4-8-13-9-12)16-10-5-2-1-3-6-10/h1-3,5-6,13H,4,7-9H2,(H,14,15). The van der Waals surface area contributed by atoms with Gasteiger partial charge in [-0.05, 0) is 25.1 Å². The molecular formula is C12H15NO3. The van der Waals surface area contributed by atoms with Crippen LogP contribution in [0.3, 0.4) is 0 Å². The number of aliphatic carboxylic acids is 1. The largest absolute Gasteiger partial charge is 0.478 e. The summed E-state index contributed by atoms with van der Waals surface area (Å²) in [7, 11) is 0. The Morgan fingerprint density at radius 3 is 2.69 bits per heavy atom. The number of piperidine rings is 1. The van der Waals surface area contributed by atoms with Crippen LogP contribution in [0.2, 0.25) is 0 Å². The molecular weight excluding hydrogens is 206 g/mol. The van der Waals surface area contributed by atoms with Gasteiger partial charge in [0.1, 0.15) is 5.75 Å². The number of ether oxygens (including phenoxy) is 1. The molecule has 0 aromatic heterocycles. The summed E-state index contributed by atoms with van der Waals surface area (Å²) >= 11 is 0. The Hall–Kier alpha value is -1.55. The highest BCUT2D eigenvalue weighted by atomic mass is 16.5. The van der Waals surface area contributed by atoms with Crippen LogP contribution in [-0.4, -0.2) is 29.8 Å². The molecule has 1 unspecified atom stereocenters. The van der Waals surface area contributed by atoms with E-state index in [9.17, 15) is 9.90 Å². The van der Waals surface area contributed by atoms with Crippen LogP contribution in [0.25, 0.3) is 0 Å². The van der Waals surface area contributed by atoms with Gasteiger partial charge >= 0.3 is 5.97 Å². The third-order valence-electron chi connectivity index (χ3n) is 2.79. The van der Waals surface area contributed by atoms with Crippen molar-refractivity contribution in [2.75, 3.05) is 13.1 Å². The SMILES string of the molecule is O=C(O)C1(Oc2ccccc2)CCCNC1. The second-order valence-electron chi connectivity index (χ2n) is 3.99. The molecule has 1 heterocycles. The zero-order chi connectivity index (χ0) is 11.4. The lowest BCUT2D eigenvalue weighted by Gasteiger charge is -2.34. The van der Waals surface area contributed by atoms with Gasteiger partial charge in [-0.15, -0.1) is 0 Å². The summed E-state index contributed by atoms with van der Waals surface area (Å²) in [4.78, 5) is 11.3. The predicted molar refractivity (Wildman–Crippen MR) is 59.5 cm³/mol. The summed E-state index contributed by atoms with van der Waals surface area (Å²) in [6.45, 7) is 1.21. The Balaban J connectivity index is 2.17. The van der Waals surface area contributed by atoms with Crippen molar-refractivity contribution >= 4 is 5.97 Å². The second kappa shape index (κ2) is 4.53. The number of carboxylic acids is 1. The van der Waals surface area contributed by atoms with Crippen molar-refractivity contribution in [2.24, 2.45) is 0 Å². The molecule has 0 bridgehead atoms. The quantitative estimate of drug-likeness (QED) is 0.807. The Labute approximate surface area is 94.2 Å². The number of carboxylic acid groups (broad SMARTS) is 1. The third-order valence-corrected chi connectivity index (χ3v) is 2.79. The van der Waals surface area contributed by atoms with Crippen molar-refractivity contribution in [3.8, 4) is 5.75 Å². The molecule has 0 spiro atoms. The van der Waals surface area contributed by atoms with E-state index in [1.807, 2.05) is 18.2 Å². The molecule has 1 atom stereocenters. The maximum Gasteiger partial charge on any atom is 0.349 e. The highest BCUT2D eigenvalue weighted by Crippen LogP contribution is 2.24. The number of rotatable bonds is 3. The molecule has 4 heteroatoms. The zero-order valence-electron chi connectivity index (χ0n) is 8.98. The van der Waals surface area contributed by atoms with E-state index < -0.39 is 11.6 Å². The van der Waals surface area contributed by atoms with Crippen molar-refractivity contribution in [1.82, 2.24) is 5.32 Å². The number of carbonyl (C=O) groups is 1. The van der Waals surface area contributed by atoms with Crippen molar-refractivity contribution in [2.45, 2.75) is 18.4 Å². The van der Waals surface area contributed by atoms with E-state index >= 15 is 0 Å². The Morgan fingerprint density at radius 1 is 1.38 bits per heavy atom. The monoisotopic (exact) mass is 221 g/mol. The molecule has 1 aliphatic heterocycles. The average Bonchev–Trinajstić information content (AvgIpc) is 2.31. The van der Waals surface area contributed by atoms with E-state index in [2.05, 4.69) is 5.32 Å². The maximum atomic E-state index is 11.3. The van der Waals surface area contributed by atoms with Crippen molar-refractivity contribution < 1.29 is 14.6 Å². The van der Waals surface area contributed by atoms with E-state index in [0.29, 0.717) is 18.7 Å². The lowest BCUT2D eigenvalue weighted by Crippen LogP contribution is -2.55. The third kappa shape index (κ3) is 2.17. The number of nitrogens with one attached hydrogen (secondary N) is 1. The first-order chi connectivity index (χ1) is 7.73. The van der Waals surface area contributed by atoms with Crippen molar-refractivity contribution in [1.29, 1.82) is 0 Å². The van der Waals surface area contributed by atoms with Gasteiger partial charge in [0.15, 0.2) is 0 Å². The van der Waals surface area contributed by atoms with E-state index in [4.69, 9.17) is 4.74 Å². The van der Waals surface area contributed by atoms with E-state index in [-0.39, 0.29) is 0 Å². The minimum atomic E-state index is -1.11. The van der Waals surface area contributed by atoms with Crippen LogP contribution in [0.5, 0.6) is 5.75 Å². The first kappa shape index (κ1) is 11.0. The van der Waals surface area contributed by atoms with Crippen LogP contribution in [0, 0.1) is 0 Å². The fourth-order valence-electron chi connectivity index (χ4n) is 1.91. The summed E-state index contributed by atoms with van der Waals surface area (Å²) in [5.74, 6) is -0.294. The highest BCUT2D eigenvalue weighted by Gasteiger charge is 2.42. The van der Waals surface area contributed by atoms with Gasteiger partial charge in [0.05, 0.1) is 0 Å². The van der Waals surface area contributed by atoms with Gasteiger partial charge in [-0.25, -0.2) is 4.79 Å². The first-order valence-electron chi connectivity index (χ1n) is 5.41. The molecule has 2 N–H and O–H groups in total. The molecule has 1 aromatic rings. The smallest absolute Gasteiger partial charge is 0.349 e. The summed E-state index contributed by atoms with van der Waals surface area (Å²) in [5.41, 5.74) is -1.11. The van der Waals surface area contributed by atoms with Gasteiger partial charge in [-0.3, -0.25) is 0 Å². The van der Waals surface area contributed by atoms with Gasteiger partial charge in [-0.2, -0.15) is 0 Å². The molecule has 4 nitrogen and oxygen atoms in total. The van der Waals surface area contributed by atoms with Crippen LogP contribution < -0.4 is 10.1 Å². The summed E-state index contributed by atoms with van der Waals surface area (Å²) in [5, 5.41) is 12.4. The normalized spacial score (nSPS) is 25.0. The summed E-state index contributed by atoms with van der Waals surface area (Å²) in [6, 6.07) is 9.10. The molecule has 0 radical (unpaired) electrons. The number of hydrogen-bond acceptors (Lipinski definition) is 3. The highest BCUT2D eigenvalue weighted by molar-refractivity contribution is 5.78. The van der Waals surface area contributed by atoms with Crippen LogP contribution in [0.4, 0.5) is 0 Å². The second-order valence-corrected chi connectivity index (χ2v) is 3.99. The molecule has 0 amide bonds. The maximum absolute atomic E-state index is 11.3. The molecule has 1 aromatic carbocycles. The average molecular weight is 221 g/mol. The van der Waals surface area contributed by atoms with Crippen molar-refractivity contribution in [3.63, 3.8) is 0 Å². The molecule has 1 fully saturated rings. The molecule has 1 saturated heterocycles. The Bertz CT molecular complexity index is 358. The van der Waals surface area contributed by atoms with Gasteiger partial charge in [0.2, 0.25) is 5.60 Å². The minimum absolute atomic E-state index is 0.358. The Kier molecular flexibility index (Phi) is 3.10. The number of para-hydroxylation sites is 1. The van der Waals surface area contributed by atoms with Gasteiger partial charge in [0.25, 0.3) is 0 Å².